The molecule has 2 rings (SSSR count). The summed E-state index contributed by atoms with van der Waals surface area (Å²) in [6.45, 7) is 2.84. The highest BCUT2D eigenvalue weighted by Crippen LogP contribution is 2.18. The minimum Gasteiger partial charge on any atom is -0.379 e. The van der Waals surface area contributed by atoms with Crippen molar-refractivity contribution in [2.45, 2.75) is 19.0 Å². The molecule has 0 bridgehead atoms. The summed E-state index contributed by atoms with van der Waals surface area (Å²) in [4.78, 5) is 12.0. The summed E-state index contributed by atoms with van der Waals surface area (Å²) in [6.07, 6.45) is 0. The van der Waals surface area contributed by atoms with Gasteiger partial charge in [-0.25, -0.2) is 0 Å². The van der Waals surface area contributed by atoms with Crippen LogP contribution in [0.15, 0.2) is 28.7 Å². The van der Waals surface area contributed by atoms with E-state index in [1.54, 1.807) is 0 Å². The van der Waals surface area contributed by atoms with Crippen LogP contribution in [0.3, 0.4) is 0 Å². The van der Waals surface area contributed by atoms with E-state index in [0.29, 0.717) is 13.2 Å². The molecule has 1 aromatic carbocycles. The van der Waals surface area contributed by atoms with Crippen LogP contribution in [-0.2, 0) is 9.53 Å². The van der Waals surface area contributed by atoms with Crippen molar-refractivity contribution < 1.29 is 9.53 Å². The zero-order valence-corrected chi connectivity index (χ0v) is 11.8. The molecule has 98 valence electrons. The van der Waals surface area contributed by atoms with Crippen LogP contribution in [0.4, 0.5) is 0 Å². The van der Waals surface area contributed by atoms with Crippen LogP contribution >= 0.6 is 15.9 Å². The first-order valence-electron chi connectivity index (χ1n) is 5.97. The number of ether oxygens (including phenoxy) is 1. The Kier molecular flexibility index (Phi) is 4.37. The molecule has 1 aliphatic rings. The molecule has 3 atom stereocenters. The predicted octanol–water partition coefficient (Wildman–Crippen LogP) is 1.60. The van der Waals surface area contributed by atoms with Crippen molar-refractivity contribution in [3.05, 3.63) is 34.3 Å². The summed E-state index contributed by atoms with van der Waals surface area (Å²) in [5, 5.41) is 2.97. The fraction of sp³-hybridized carbons (Fsp3) is 0.462. The Hall–Kier alpha value is -0.910. The fourth-order valence-electron chi connectivity index (χ4n) is 2.00. The number of rotatable bonds is 3. The summed E-state index contributed by atoms with van der Waals surface area (Å²) in [7, 11) is 0. The van der Waals surface area contributed by atoms with Crippen molar-refractivity contribution >= 4 is 21.8 Å². The number of hydrogen-bond donors (Lipinski definition) is 2. The number of amides is 1. The van der Waals surface area contributed by atoms with Crippen LogP contribution in [0, 0.1) is 5.92 Å². The summed E-state index contributed by atoms with van der Waals surface area (Å²) in [6, 6.07) is 7.67. The Morgan fingerprint density at radius 2 is 2.11 bits per heavy atom. The molecule has 3 N–H and O–H groups in total. The van der Waals surface area contributed by atoms with Gasteiger partial charge in [-0.15, -0.1) is 0 Å². The van der Waals surface area contributed by atoms with Gasteiger partial charge in [0.05, 0.1) is 25.2 Å². The normalized spacial score (nSPS) is 24.8. The molecular formula is C13H17BrN2O2. The van der Waals surface area contributed by atoms with Crippen LogP contribution in [0.1, 0.15) is 18.5 Å². The quantitative estimate of drug-likeness (QED) is 0.891. The second kappa shape index (κ2) is 5.82. The van der Waals surface area contributed by atoms with Crippen LogP contribution in [-0.4, -0.2) is 25.2 Å². The molecule has 1 amide bonds. The second-order valence-corrected chi connectivity index (χ2v) is 5.51. The van der Waals surface area contributed by atoms with E-state index >= 15 is 0 Å². The molecule has 0 aliphatic carbocycles. The maximum Gasteiger partial charge on any atom is 0.227 e. The lowest BCUT2D eigenvalue weighted by molar-refractivity contribution is -0.125. The third-order valence-electron chi connectivity index (χ3n) is 3.19. The molecule has 5 heteroatoms. The molecule has 1 aromatic rings. The van der Waals surface area contributed by atoms with Crippen LogP contribution in [0.2, 0.25) is 0 Å². The van der Waals surface area contributed by atoms with Gasteiger partial charge in [0.1, 0.15) is 0 Å². The number of hydrogen-bond acceptors (Lipinski definition) is 3. The minimum absolute atomic E-state index is 0.0293. The summed E-state index contributed by atoms with van der Waals surface area (Å²) in [5.74, 6) is -0.265. The van der Waals surface area contributed by atoms with E-state index in [1.807, 2.05) is 31.2 Å². The maximum absolute atomic E-state index is 12.0. The van der Waals surface area contributed by atoms with Gasteiger partial charge in [0.2, 0.25) is 5.91 Å². The van der Waals surface area contributed by atoms with E-state index in [9.17, 15) is 4.79 Å². The van der Waals surface area contributed by atoms with Crippen molar-refractivity contribution in [1.82, 2.24) is 5.32 Å². The molecule has 0 aromatic heterocycles. The molecule has 3 unspecified atom stereocenters. The van der Waals surface area contributed by atoms with E-state index in [4.69, 9.17) is 10.5 Å². The number of carbonyl (C=O) groups is 1. The Bertz CT molecular complexity index is 422. The lowest BCUT2D eigenvalue weighted by atomic mass is 10.0. The topological polar surface area (TPSA) is 64.3 Å². The number of carbonyl (C=O) groups excluding carboxylic acids is 1. The molecule has 0 radical (unpaired) electrons. The summed E-state index contributed by atoms with van der Waals surface area (Å²) < 4.78 is 6.23. The van der Waals surface area contributed by atoms with Gasteiger partial charge in [-0.2, -0.15) is 0 Å². The van der Waals surface area contributed by atoms with Gasteiger partial charge in [0.15, 0.2) is 0 Å². The Morgan fingerprint density at radius 1 is 1.44 bits per heavy atom. The zero-order valence-electron chi connectivity index (χ0n) is 10.2. The van der Waals surface area contributed by atoms with Crippen LogP contribution < -0.4 is 11.1 Å². The number of halogens is 1. The van der Waals surface area contributed by atoms with E-state index < -0.39 is 0 Å². The van der Waals surface area contributed by atoms with Crippen molar-refractivity contribution in [2.24, 2.45) is 11.7 Å². The highest BCUT2D eigenvalue weighted by Gasteiger charge is 2.31. The minimum atomic E-state index is -0.233. The molecule has 4 nitrogen and oxygen atoms in total. The van der Waals surface area contributed by atoms with Gasteiger partial charge >= 0.3 is 0 Å². The monoisotopic (exact) mass is 312 g/mol. The Morgan fingerprint density at radius 3 is 2.67 bits per heavy atom. The average molecular weight is 313 g/mol. The van der Waals surface area contributed by atoms with Gasteiger partial charge in [0, 0.05) is 10.5 Å². The van der Waals surface area contributed by atoms with E-state index in [-0.39, 0.29) is 23.9 Å². The van der Waals surface area contributed by atoms with E-state index in [0.717, 1.165) is 10.0 Å². The fourth-order valence-corrected chi connectivity index (χ4v) is 2.26. The zero-order chi connectivity index (χ0) is 13.1. The SMILES string of the molecule is CC(NC(=O)C1COCC1N)c1ccc(Br)cc1. The largest absolute Gasteiger partial charge is 0.379 e. The molecule has 0 saturated carbocycles. The third kappa shape index (κ3) is 3.10. The first-order valence-corrected chi connectivity index (χ1v) is 6.76. The van der Waals surface area contributed by atoms with E-state index in [2.05, 4.69) is 21.2 Å². The molecular weight excluding hydrogens is 296 g/mol. The standard InChI is InChI=1S/C13H17BrN2O2/c1-8(9-2-4-10(14)5-3-9)16-13(17)11-6-18-7-12(11)15/h2-5,8,11-12H,6-7,15H2,1H3,(H,16,17). The smallest absolute Gasteiger partial charge is 0.227 e. The van der Waals surface area contributed by atoms with Crippen molar-refractivity contribution in [3.63, 3.8) is 0 Å². The van der Waals surface area contributed by atoms with Gasteiger partial charge in [0.25, 0.3) is 0 Å². The van der Waals surface area contributed by atoms with Crippen molar-refractivity contribution in [2.75, 3.05) is 13.2 Å². The number of nitrogens with two attached hydrogens (primary N) is 1. The summed E-state index contributed by atoms with van der Waals surface area (Å²) in [5.41, 5.74) is 6.89. The van der Waals surface area contributed by atoms with Crippen molar-refractivity contribution in [1.29, 1.82) is 0 Å². The molecule has 1 saturated heterocycles. The van der Waals surface area contributed by atoms with Crippen molar-refractivity contribution in [3.8, 4) is 0 Å². The second-order valence-electron chi connectivity index (χ2n) is 4.59. The maximum atomic E-state index is 12.0. The molecule has 1 heterocycles. The van der Waals surface area contributed by atoms with Gasteiger partial charge in [-0.1, -0.05) is 28.1 Å². The Balaban J connectivity index is 1.96. The van der Waals surface area contributed by atoms with E-state index in [1.165, 1.54) is 0 Å². The highest BCUT2D eigenvalue weighted by molar-refractivity contribution is 9.10. The highest BCUT2D eigenvalue weighted by atomic mass is 79.9. The molecule has 0 spiro atoms. The molecule has 1 fully saturated rings. The van der Waals surface area contributed by atoms with Crippen LogP contribution in [0.5, 0.6) is 0 Å². The molecule has 18 heavy (non-hydrogen) atoms. The average Bonchev–Trinajstić information content (AvgIpc) is 2.76. The number of nitrogens with one attached hydrogen (secondary N) is 1. The van der Waals surface area contributed by atoms with Gasteiger partial charge in [-0.3, -0.25) is 4.79 Å². The first kappa shape index (κ1) is 13.5. The summed E-state index contributed by atoms with van der Waals surface area (Å²) >= 11 is 3.39. The van der Waals surface area contributed by atoms with Crippen LogP contribution in [0.25, 0.3) is 0 Å². The lowest BCUT2D eigenvalue weighted by Crippen LogP contribution is -2.41. The Labute approximate surface area is 115 Å². The first-order chi connectivity index (χ1) is 8.58. The predicted molar refractivity (Wildman–Crippen MR) is 73.0 cm³/mol. The van der Waals surface area contributed by atoms with Gasteiger partial charge < -0.3 is 15.8 Å². The third-order valence-corrected chi connectivity index (χ3v) is 3.72. The van der Waals surface area contributed by atoms with Gasteiger partial charge in [-0.05, 0) is 24.6 Å². The molecule has 1 aliphatic heterocycles. The lowest BCUT2D eigenvalue weighted by Gasteiger charge is -2.18. The number of benzene rings is 1.